The fourth-order valence-electron chi connectivity index (χ4n) is 2.48. The maximum absolute atomic E-state index is 11.6. The number of carbonyl (C=O) groups is 1. The minimum Gasteiger partial charge on any atom is -0.352 e. The fourth-order valence-corrected chi connectivity index (χ4v) is 2.48. The molecule has 2 rings (SSSR count). The predicted octanol–water partition coefficient (Wildman–Crippen LogP) is 2.36. The van der Waals surface area contributed by atoms with Gasteiger partial charge in [0.05, 0.1) is 11.8 Å². The van der Waals surface area contributed by atoms with Crippen LogP contribution in [-0.2, 0) is 0 Å². The van der Waals surface area contributed by atoms with E-state index in [4.69, 9.17) is 0 Å². The summed E-state index contributed by atoms with van der Waals surface area (Å²) >= 11 is 0. The molecule has 0 aromatic carbocycles. The monoisotopic (exact) mass is 235 g/mol. The van der Waals surface area contributed by atoms with E-state index in [0.29, 0.717) is 5.56 Å². The van der Waals surface area contributed by atoms with Crippen molar-refractivity contribution in [2.75, 3.05) is 6.54 Å². The molecule has 1 fully saturated rings. The standard InChI is InChI=1S/C13H21N3O/c1-10-2-4-11(5-3-10)6-7-14-13(17)12-8-15-16-9-12/h8-11H,2-7H2,1H3,(H,14,17)(H,15,16). The number of aromatic amines is 1. The topological polar surface area (TPSA) is 57.8 Å². The summed E-state index contributed by atoms with van der Waals surface area (Å²) in [6.45, 7) is 3.11. The first-order valence-electron chi connectivity index (χ1n) is 6.52. The van der Waals surface area contributed by atoms with Crippen molar-refractivity contribution in [3.63, 3.8) is 0 Å². The van der Waals surface area contributed by atoms with Crippen molar-refractivity contribution >= 4 is 5.91 Å². The summed E-state index contributed by atoms with van der Waals surface area (Å²) in [5, 5.41) is 9.35. The molecule has 0 aliphatic heterocycles. The van der Waals surface area contributed by atoms with Crippen LogP contribution in [0.2, 0.25) is 0 Å². The lowest BCUT2D eigenvalue weighted by Crippen LogP contribution is -2.26. The zero-order valence-electron chi connectivity index (χ0n) is 10.4. The highest BCUT2D eigenvalue weighted by Gasteiger charge is 2.18. The number of rotatable bonds is 4. The van der Waals surface area contributed by atoms with Crippen LogP contribution in [0, 0.1) is 11.8 Å². The largest absolute Gasteiger partial charge is 0.352 e. The van der Waals surface area contributed by atoms with Crippen molar-refractivity contribution in [1.82, 2.24) is 15.5 Å². The van der Waals surface area contributed by atoms with E-state index < -0.39 is 0 Å². The van der Waals surface area contributed by atoms with Crippen molar-refractivity contribution in [2.45, 2.75) is 39.0 Å². The van der Waals surface area contributed by atoms with Crippen LogP contribution in [-0.4, -0.2) is 22.6 Å². The molecule has 1 aromatic rings. The summed E-state index contributed by atoms with van der Waals surface area (Å²) in [5.41, 5.74) is 0.613. The highest BCUT2D eigenvalue weighted by atomic mass is 16.1. The van der Waals surface area contributed by atoms with Crippen molar-refractivity contribution in [2.24, 2.45) is 11.8 Å². The average molecular weight is 235 g/mol. The third-order valence-electron chi connectivity index (χ3n) is 3.73. The number of nitrogens with one attached hydrogen (secondary N) is 2. The Kier molecular flexibility index (Phi) is 4.18. The molecule has 1 saturated carbocycles. The average Bonchev–Trinajstić information content (AvgIpc) is 2.85. The van der Waals surface area contributed by atoms with Gasteiger partial charge in [-0.1, -0.05) is 32.6 Å². The van der Waals surface area contributed by atoms with Gasteiger partial charge in [-0.2, -0.15) is 5.10 Å². The van der Waals surface area contributed by atoms with Crippen molar-refractivity contribution in [3.05, 3.63) is 18.0 Å². The molecule has 0 bridgehead atoms. The maximum Gasteiger partial charge on any atom is 0.254 e. The molecule has 0 spiro atoms. The maximum atomic E-state index is 11.6. The van der Waals surface area contributed by atoms with Gasteiger partial charge in [0.1, 0.15) is 0 Å². The summed E-state index contributed by atoms with van der Waals surface area (Å²) in [5.74, 6) is 1.67. The van der Waals surface area contributed by atoms with Gasteiger partial charge in [0.15, 0.2) is 0 Å². The summed E-state index contributed by atoms with van der Waals surface area (Å²) in [7, 11) is 0. The van der Waals surface area contributed by atoms with Crippen LogP contribution in [0.15, 0.2) is 12.4 Å². The van der Waals surface area contributed by atoms with Crippen LogP contribution in [0.1, 0.15) is 49.4 Å². The smallest absolute Gasteiger partial charge is 0.254 e. The lowest BCUT2D eigenvalue weighted by atomic mass is 9.81. The molecule has 1 aromatic heterocycles. The Morgan fingerprint density at radius 1 is 1.47 bits per heavy atom. The van der Waals surface area contributed by atoms with Crippen LogP contribution in [0.4, 0.5) is 0 Å². The molecule has 0 unspecified atom stereocenters. The molecule has 1 aliphatic rings. The van der Waals surface area contributed by atoms with Crippen LogP contribution in [0.5, 0.6) is 0 Å². The minimum atomic E-state index is -0.0251. The molecule has 0 saturated heterocycles. The highest BCUT2D eigenvalue weighted by Crippen LogP contribution is 2.29. The second-order valence-corrected chi connectivity index (χ2v) is 5.16. The third-order valence-corrected chi connectivity index (χ3v) is 3.73. The number of hydrogen-bond donors (Lipinski definition) is 2. The Bertz CT molecular complexity index is 340. The Balaban J connectivity index is 1.64. The molecule has 1 heterocycles. The summed E-state index contributed by atoms with van der Waals surface area (Å²) in [6.07, 6.45) is 9.62. The quantitative estimate of drug-likeness (QED) is 0.841. The van der Waals surface area contributed by atoms with Crippen LogP contribution >= 0.6 is 0 Å². The number of hydrogen-bond acceptors (Lipinski definition) is 2. The second-order valence-electron chi connectivity index (χ2n) is 5.16. The van der Waals surface area contributed by atoms with E-state index in [1.807, 2.05) is 0 Å². The lowest BCUT2D eigenvalue weighted by molar-refractivity contribution is 0.0950. The number of carbonyl (C=O) groups excluding carboxylic acids is 1. The lowest BCUT2D eigenvalue weighted by Gasteiger charge is -2.26. The van der Waals surface area contributed by atoms with E-state index in [1.54, 1.807) is 12.4 Å². The molecular weight excluding hydrogens is 214 g/mol. The zero-order chi connectivity index (χ0) is 12.1. The van der Waals surface area contributed by atoms with Gasteiger partial charge in [0, 0.05) is 12.7 Å². The van der Waals surface area contributed by atoms with Crippen LogP contribution < -0.4 is 5.32 Å². The molecular formula is C13H21N3O. The van der Waals surface area contributed by atoms with Gasteiger partial charge in [-0.05, 0) is 18.3 Å². The Morgan fingerprint density at radius 3 is 2.88 bits per heavy atom. The molecule has 94 valence electrons. The highest BCUT2D eigenvalue weighted by molar-refractivity contribution is 5.93. The molecule has 0 atom stereocenters. The van der Waals surface area contributed by atoms with Crippen LogP contribution in [0.25, 0.3) is 0 Å². The number of aromatic nitrogens is 2. The molecule has 4 nitrogen and oxygen atoms in total. The summed E-state index contributed by atoms with van der Waals surface area (Å²) in [4.78, 5) is 11.6. The van der Waals surface area contributed by atoms with Crippen LogP contribution in [0.3, 0.4) is 0 Å². The van der Waals surface area contributed by atoms with Gasteiger partial charge < -0.3 is 5.32 Å². The Hall–Kier alpha value is -1.32. The van der Waals surface area contributed by atoms with Gasteiger partial charge in [0.2, 0.25) is 0 Å². The van der Waals surface area contributed by atoms with Crippen molar-refractivity contribution in [3.8, 4) is 0 Å². The van der Waals surface area contributed by atoms with Gasteiger partial charge >= 0.3 is 0 Å². The molecule has 1 amide bonds. The van der Waals surface area contributed by atoms with E-state index in [0.717, 1.165) is 24.8 Å². The van der Waals surface area contributed by atoms with E-state index >= 15 is 0 Å². The summed E-state index contributed by atoms with van der Waals surface area (Å²) in [6, 6.07) is 0. The first-order valence-corrected chi connectivity index (χ1v) is 6.52. The first kappa shape index (κ1) is 12.1. The van der Waals surface area contributed by atoms with Crippen molar-refractivity contribution < 1.29 is 4.79 Å². The molecule has 2 N–H and O–H groups in total. The normalized spacial score (nSPS) is 24.5. The predicted molar refractivity (Wildman–Crippen MR) is 66.7 cm³/mol. The van der Waals surface area contributed by atoms with Crippen molar-refractivity contribution in [1.29, 1.82) is 0 Å². The van der Waals surface area contributed by atoms with E-state index in [-0.39, 0.29) is 5.91 Å². The Labute approximate surface area is 102 Å². The molecule has 1 aliphatic carbocycles. The number of amides is 1. The fraction of sp³-hybridized carbons (Fsp3) is 0.692. The first-order chi connectivity index (χ1) is 8.25. The zero-order valence-corrected chi connectivity index (χ0v) is 10.4. The molecule has 0 radical (unpaired) electrons. The third kappa shape index (κ3) is 3.58. The Morgan fingerprint density at radius 2 is 2.24 bits per heavy atom. The van der Waals surface area contributed by atoms with E-state index in [9.17, 15) is 4.79 Å². The number of H-pyrrole nitrogens is 1. The second kappa shape index (κ2) is 5.84. The molecule has 4 heteroatoms. The van der Waals surface area contributed by atoms with Gasteiger partial charge in [-0.25, -0.2) is 0 Å². The van der Waals surface area contributed by atoms with Gasteiger partial charge in [0.25, 0.3) is 5.91 Å². The van der Waals surface area contributed by atoms with E-state index in [1.165, 1.54) is 25.7 Å². The SMILES string of the molecule is CC1CCC(CCNC(=O)c2cn[nH]c2)CC1. The van der Waals surface area contributed by atoms with Gasteiger partial charge in [-0.3, -0.25) is 9.89 Å². The van der Waals surface area contributed by atoms with E-state index in [2.05, 4.69) is 22.4 Å². The molecule has 17 heavy (non-hydrogen) atoms. The summed E-state index contributed by atoms with van der Waals surface area (Å²) < 4.78 is 0. The number of nitrogens with zero attached hydrogens (tertiary/aromatic N) is 1. The minimum absolute atomic E-state index is 0.0251. The van der Waals surface area contributed by atoms with Gasteiger partial charge in [-0.15, -0.1) is 0 Å².